The number of carbonyl (C=O) groups is 1. The third-order valence-corrected chi connectivity index (χ3v) is 1.70. The van der Waals surface area contributed by atoms with Gasteiger partial charge in [-0.15, -0.1) is 12.3 Å². The minimum Gasteiger partial charge on any atom is -0.351 e. The molecule has 1 aromatic rings. The number of carbonyl (C=O) groups excluding carboxylic acids is 1. The van der Waals surface area contributed by atoms with Gasteiger partial charge in [-0.25, -0.2) is 5.10 Å². The normalized spacial score (nSPS) is 9.27. The molecule has 0 aliphatic carbocycles. The summed E-state index contributed by atoms with van der Waals surface area (Å²) in [5, 5.41) is 8.41. The van der Waals surface area contributed by atoms with E-state index in [0.717, 1.165) is 6.42 Å². The van der Waals surface area contributed by atoms with Crippen LogP contribution in [0.2, 0.25) is 0 Å². The first-order chi connectivity index (χ1) is 7.24. The van der Waals surface area contributed by atoms with Gasteiger partial charge in [-0.2, -0.15) is 5.10 Å². The Bertz CT molecular complexity index is 411. The lowest BCUT2D eigenvalue weighted by atomic mass is 10.3. The highest BCUT2D eigenvalue weighted by Crippen LogP contribution is 1.89. The highest BCUT2D eigenvalue weighted by molar-refractivity contribution is 5.91. The Hall–Kier alpha value is -2.09. The molecule has 5 heteroatoms. The van der Waals surface area contributed by atoms with Crippen molar-refractivity contribution in [2.24, 2.45) is 0 Å². The number of hydrogen-bond acceptors (Lipinski definition) is 3. The first kappa shape index (κ1) is 11.0. The van der Waals surface area contributed by atoms with Gasteiger partial charge in [0.25, 0.3) is 11.5 Å². The summed E-state index contributed by atoms with van der Waals surface area (Å²) in [6.45, 7) is 0.504. The molecule has 15 heavy (non-hydrogen) atoms. The summed E-state index contributed by atoms with van der Waals surface area (Å²) >= 11 is 0. The van der Waals surface area contributed by atoms with Gasteiger partial charge < -0.3 is 5.32 Å². The van der Waals surface area contributed by atoms with Crippen LogP contribution in [0.15, 0.2) is 16.9 Å². The van der Waals surface area contributed by atoms with E-state index in [0.29, 0.717) is 13.0 Å². The lowest BCUT2D eigenvalue weighted by Crippen LogP contribution is -2.26. The maximum absolute atomic E-state index is 11.4. The Balaban J connectivity index is 2.44. The summed E-state index contributed by atoms with van der Waals surface area (Å²) < 4.78 is 0. The first-order valence-corrected chi connectivity index (χ1v) is 4.51. The molecule has 0 spiro atoms. The number of aromatic nitrogens is 2. The lowest BCUT2D eigenvalue weighted by Gasteiger charge is -2.01. The second kappa shape index (κ2) is 5.60. The fraction of sp³-hybridized carbons (Fsp3) is 0.300. The van der Waals surface area contributed by atoms with Crippen LogP contribution in [0, 0.1) is 12.3 Å². The average molecular weight is 205 g/mol. The van der Waals surface area contributed by atoms with E-state index in [1.807, 2.05) is 0 Å². The highest BCUT2D eigenvalue weighted by Gasteiger charge is 2.05. The molecular formula is C10H11N3O2. The van der Waals surface area contributed by atoms with Crippen molar-refractivity contribution >= 4 is 5.91 Å². The second-order valence-corrected chi connectivity index (χ2v) is 2.87. The number of H-pyrrole nitrogens is 1. The zero-order valence-corrected chi connectivity index (χ0v) is 8.12. The monoisotopic (exact) mass is 205 g/mol. The smallest absolute Gasteiger partial charge is 0.271 e. The van der Waals surface area contributed by atoms with Crippen molar-refractivity contribution in [3.63, 3.8) is 0 Å². The zero-order chi connectivity index (χ0) is 11.1. The quantitative estimate of drug-likeness (QED) is 0.533. The molecular weight excluding hydrogens is 194 g/mol. The van der Waals surface area contributed by atoms with Crippen molar-refractivity contribution in [3.8, 4) is 12.3 Å². The summed E-state index contributed by atoms with van der Waals surface area (Å²) in [5.74, 6) is 2.16. The Labute approximate surface area is 86.9 Å². The SMILES string of the molecule is C#CCCCNC(=O)c1ccc(=O)[nH]n1. The molecule has 1 rings (SSSR count). The molecule has 1 heterocycles. The molecule has 5 nitrogen and oxygen atoms in total. The van der Waals surface area contributed by atoms with Gasteiger partial charge in [-0.1, -0.05) is 0 Å². The number of unbranched alkanes of at least 4 members (excludes halogenated alkanes) is 1. The molecule has 0 radical (unpaired) electrons. The second-order valence-electron chi connectivity index (χ2n) is 2.87. The fourth-order valence-electron chi connectivity index (χ4n) is 0.954. The van der Waals surface area contributed by atoms with E-state index in [1.165, 1.54) is 12.1 Å². The number of hydrogen-bond donors (Lipinski definition) is 2. The van der Waals surface area contributed by atoms with Crippen LogP contribution in [0.3, 0.4) is 0 Å². The van der Waals surface area contributed by atoms with Crippen molar-refractivity contribution in [3.05, 3.63) is 28.2 Å². The van der Waals surface area contributed by atoms with E-state index < -0.39 is 0 Å². The molecule has 0 aliphatic heterocycles. The molecule has 0 aromatic carbocycles. The molecule has 1 aromatic heterocycles. The third kappa shape index (κ3) is 3.65. The summed E-state index contributed by atoms with van der Waals surface area (Å²) in [6.07, 6.45) is 6.41. The predicted octanol–water partition coefficient (Wildman–Crippen LogP) is -0.0869. The predicted molar refractivity (Wildman–Crippen MR) is 55.3 cm³/mol. The van der Waals surface area contributed by atoms with E-state index in [2.05, 4.69) is 21.4 Å². The van der Waals surface area contributed by atoms with E-state index in [-0.39, 0.29) is 17.2 Å². The van der Waals surface area contributed by atoms with Crippen LogP contribution in [0.5, 0.6) is 0 Å². The number of aromatic amines is 1. The van der Waals surface area contributed by atoms with Gasteiger partial charge in [-0.05, 0) is 12.5 Å². The molecule has 0 saturated carbocycles. The Kier molecular flexibility index (Phi) is 4.10. The molecule has 0 atom stereocenters. The number of nitrogens with zero attached hydrogens (tertiary/aromatic N) is 1. The molecule has 0 aliphatic rings. The zero-order valence-electron chi connectivity index (χ0n) is 8.12. The first-order valence-electron chi connectivity index (χ1n) is 4.51. The van der Waals surface area contributed by atoms with Crippen LogP contribution in [-0.4, -0.2) is 22.6 Å². The maximum atomic E-state index is 11.4. The summed E-state index contributed by atoms with van der Waals surface area (Å²) in [6, 6.07) is 2.62. The summed E-state index contributed by atoms with van der Waals surface area (Å²) in [7, 11) is 0. The molecule has 0 saturated heterocycles. The van der Waals surface area contributed by atoms with Gasteiger partial charge in [0.15, 0.2) is 0 Å². The molecule has 1 amide bonds. The van der Waals surface area contributed by atoms with Gasteiger partial charge in [0.2, 0.25) is 0 Å². The van der Waals surface area contributed by atoms with Crippen LogP contribution < -0.4 is 10.9 Å². The van der Waals surface area contributed by atoms with E-state index in [4.69, 9.17) is 6.42 Å². The largest absolute Gasteiger partial charge is 0.351 e. The van der Waals surface area contributed by atoms with Gasteiger partial charge in [-0.3, -0.25) is 9.59 Å². The number of rotatable bonds is 4. The van der Waals surface area contributed by atoms with Crippen LogP contribution in [-0.2, 0) is 0 Å². The summed E-state index contributed by atoms with van der Waals surface area (Å²) in [5.41, 5.74) is -0.144. The number of amides is 1. The minimum atomic E-state index is -0.334. The fourth-order valence-corrected chi connectivity index (χ4v) is 0.954. The van der Waals surface area contributed by atoms with E-state index in [1.54, 1.807) is 0 Å². The lowest BCUT2D eigenvalue weighted by molar-refractivity contribution is 0.0947. The van der Waals surface area contributed by atoms with Gasteiger partial charge >= 0.3 is 0 Å². The molecule has 0 unspecified atom stereocenters. The topological polar surface area (TPSA) is 74.8 Å². The van der Waals surface area contributed by atoms with Crippen LogP contribution >= 0.6 is 0 Å². The number of terminal acetylenes is 1. The Morgan fingerprint density at radius 2 is 2.40 bits per heavy atom. The van der Waals surface area contributed by atoms with Crippen LogP contribution in [0.4, 0.5) is 0 Å². The number of nitrogens with one attached hydrogen (secondary N) is 2. The maximum Gasteiger partial charge on any atom is 0.271 e. The van der Waals surface area contributed by atoms with Crippen molar-refractivity contribution in [1.82, 2.24) is 15.5 Å². The van der Waals surface area contributed by atoms with Crippen molar-refractivity contribution in [2.45, 2.75) is 12.8 Å². The third-order valence-electron chi connectivity index (χ3n) is 1.70. The molecule has 2 N–H and O–H groups in total. The van der Waals surface area contributed by atoms with Crippen molar-refractivity contribution in [2.75, 3.05) is 6.54 Å². The standard InChI is InChI=1S/C10H11N3O2/c1-2-3-4-7-11-10(15)8-5-6-9(14)13-12-8/h1,5-6H,3-4,7H2,(H,11,15)(H,13,14). The van der Waals surface area contributed by atoms with Gasteiger partial charge in [0.05, 0.1) is 0 Å². The minimum absolute atomic E-state index is 0.190. The van der Waals surface area contributed by atoms with Crippen molar-refractivity contribution in [1.29, 1.82) is 0 Å². The van der Waals surface area contributed by atoms with Crippen LogP contribution in [0.25, 0.3) is 0 Å². The van der Waals surface area contributed by atoms with Gasteiger partial charge in [0, 0.05) is 19.0 Å². The molecule has 0 fully saturated rings. The Morgan fingerprint density at radius 1 is 1.60 bits per heavy atom. The molecule has 0 bridgehead atoms. The summed E-state index contributed by atoms with van der Waals surface area (Å²) in [4.78, 5) is 22.0. The molecule has 78 valence electrons. The van der Waals surface area contributed by atoms with Gasteiger partial charge in [0.1, 0.15) is 5.69 Å². The van der Waals surface area contributed by atoms with Crippen molar-refractivity contribution < 1.29 is 4.79 Å². The van der Waals surface area contributed by atoms with E-state index >= 15 is 0 Å². The highest BCUT2D eigenvalue weighted by atomic mass is 16.2. The Morgan fingerprint density at radius 3 is 3.00 bits per heavy atom. The average Bonchev–Trinajstić information content (AvgIpc) is 2.25. The van der Waals surface area contributed by atoms with E-state index in [9.17, 15) is 9.59 Å². The van der Waals surface area contributed by atoms with Crippen LogP contribution in [0.1, 0.15) is 23.3 Å².